The Morgan fingerprint density at radius 3 is 2.57 bits per heavy atom. The normalized spacial score (nSPS) is 12.4. The second-order valence-corrected chi connectivity index (χ2v) is 6.59. The molecule has 2 aromatic rings. The SMILES string of the molecule is CCCNC(Cc1cccc(F)c1Br)c1ccccc1Br. The lowest BCUT2D eigenvalue weighted by atomic mass is 9.98. The third-order valence-corrected chi connectivity index (χ3v) is 4.99. The van der Waals surface area contributed by atoms with Crippen LogP contribution in [0.15, 0.2) is 51.4 Å². The van der Waals surface area contributed by atoms with Gasteiger partial charge in [-0.25, -0.2) is 4.39 Å². The van der Waals surface area contributed by atoms with Crippen LogP contribution in [0.1, 0.15) is 30.5 Å². The Labute approximate surface area is 142 Å². The fourth-order valence-electron chi connectivity index (χ4n) is 2.29. The Morgan fingerprint density at radius 2 is 1.86 bits per heavy atom. The Balaban J connectivity index is 2.28. The highest BCUT2D eigenvalue weighted by atomic mass is 79.9. The largest absolute Gasteiger partial charge is 0.310 e. The van der Waals surface area contributed by atoms with Crippen molar-refractivity contribution in [3.8, 4) is 0 Å². The number of rotatable bonds is 6. The zero-order valence-corrected chi connectivity index (χ0v) is 15.0. The highest BCUT2D eigenvalue weighted by Crippen LogP contribution is 2.29. The zero-order chi connectivity index (χ0) is 15.2. The van der Waals surface area contributed by atoms with Crippen LogP contribution in [0.5, 0.6) is 0 Å². The molecule has 0 fully saturated rings. The van der Waals surface area contributed by atoms with Gasteiger partial charge in [0.05, 0.1) is 4.47 Å². The number of benzene rings is 2. The minimum absolute atomic E-state index is 0.152. The van der Waals surface area contributed by atoms with E-state index >= 15 is 0 Å². The minimum Gasteiger partial charge on any atom is -0.310 e. The Bertz CT molecular complexity index is 601. The lowest BCUT2D eigenvalue weighted by Gasteiger charge is -2.21. The molecule has 0 amide bonds. The van der Waals surface area contributed by atoms with Gasteiger partial charge in [-0.1, -0.05) is 53.2 Å². The van der Waals surface area contributed by atoms with Crippen molar-refractivity contribution in [2.75, 3.05) is 6.54 Å². The average molecular weight is 415 g/mol. The van der Waals surface area contributed by atoms with E-state index in [0.29, 0.717) is 4.47 Å². The van der Waals surface area contributed by atoms with Crippen molar-refractivity contribution >= 4 is 31.9 Å². The summed E-state index contributed by atoms with van der Waals surface area (Å²) in [4.78, 5) is 0. The quantitative estimate of drug-likeness (QED) is 0.645. The van der Waals surface area contributed by atoms with Gasteiger partial charge in [-0.2, -0.15) is 0 Å². The standard InChI is InChI=1S/C17H18Br2FN/c1-2-10-21-16(13-7-3-4-8-14(13)18)11-12-6-5-9-15(20)17(12)19/h3-9,16,21H,2,10-11H2,1H3. The monoisotopic (exact) mass is 413 g/mol. The summed E-state index contributed by atoms with van der Waals surface area (Å²) in [6.45, 7) is 3.07. The molecule has 1 unspecified atom stereocenters. The van der Waals surface area contributed by atoms with E-state index in [4.69, 9.17) is 0 Å². The van der Waals surface area contributed by atoms with E-state index in [1.807, 2.05) is 24.3 Å². The second kappa shape index (κ2) is 8.06. The summed E-state index contributed by atoms with van der Waals surface area (Å²) in [5.74, 6) is -0.214. The van der Waals surface area contributed by atoms with Gasteiger partial charge < -0.3 is 5.32 Å². The van der Waals surface area contributed by atoms with Crippen LogP contribution in [0.25, 0.3) is 0 Å². The van der Waals surface area contributed by atoms with Crippen molar-refractivity contribution in [2.24, 2.45) is 0 Å². The van der Waals surface area contributed by atoms with E-state index in [9.17, 15) is 4.39 Å². The maximum absolute atomic E-state index is 13.7. The van der Waals surface area contributed by atoms with E-state index < -0.39 is 0 Å². The van der Waals surface area contributed by atoms with Crippen molar-refractivity contribution < 1.29 is 4.39 Å². The highest BCUT2D eigenvalue weighted by Gasteiger charge is 2.16. The molecule has 112 valence electrons. The molecule has 0 aliphatic carbocycles. The first-order valence-corrected chi connectivity index (χ1v) is 8.62. The van der Waals surface area contributed by atoms with Gasteiger partial charge in [0.25, 0.3) is 0 Å². The van der Waals surface area contributed by atoms with Crippen molar-refractivity contribution in [3.63, 3.8) is 0 Å². The fraction of sp³-hybridized carbons (Fsp3) is 0.294. The van der Waals surface area contributed by atoms with Gasteiger partial charge >= 0.3 is 0 Å². The molecule has 1 N–H and O–H groups in total. The van der Waals surface area contributed by atoms with Crippen LogP contribution in [0, 0.1) is 5.82 Å². The molecule has 0 aromatic heterocycles. The average Bonchev–Trinajstić information content (AvgIpc) is 2.48. The highest BCUT2D eigenvalue weighted by molar-refractivity contribution is 9.10. The first-order chi connectivity index (χ1) is 10.1. The predicted molar refractivity (Wildman–Crippen MR) is 93.0 cm³/mol. The molecular formula is C17H18Br2FN. The summed E-state index contributed by atoms with van der Waals surface area (Å²) >= 11 is 6.96. The van der Waals surface area contributed by atoms with E-state index in [2.05, 4.69) is 50.2 Å². The molecule has 21 heavy (non-hydrogen) atoms. The molecule has 2 rings (SSSR count). The molecule has 0 bridgehead atoms. The summed E-state index contributed by atoms with van der Waals surface area (Å²) in [7, 11) is 0. The number of hydrogen-bond acceptors (Lipinski definition) is 1. The molecule has 2 aromatic carbocycles. The zero-order valence-electron chi connectivity index (χ0n) is 11.9. The Morgan fingerprint density at radius 1 is 1.10 bits per heavy atom. The van der Waals surface area contributed by atoms with Crippen LogP contribution in [-0.2, 0) is 6.42 Å². The van der Waals surface area contributed by atoms with E-state index in [0.717, 1.165) is 29.4 Å². The lowest BCUT2D eigenvalue weighted by Crippen LogP contribution is -2.24. The lowest BCUT2D eigenvalue weighted by molar-refractivity contribution is 0.524. The summed E-state index contributed by atoms with van der Waals surface area (Å²) in [6, 6.07) is 13.5. The van der Waals surface area contributed by atoms with E-state index in [-0.39, 0.29) is 11.9 Å². The van der Waals surface area contributed by atoms with E-state index in [1.165, 1.54) is 11.6 Å². The first kappa shape index (κ1) is 16.7. The van der Waals surface area contributed by atoms with Gasteiger partial charge in [0, 0.05) is 10.5 Å². The molecule has 0 aliphatic heterocycles. The molecule has 0 spiro atoms. The van der Waals surface area contributed by atoms with Crippen molar-refractivity contribution in [3.05, 3.63) is 68.4 Å². The first-order valence-electron chi connectivity index (χ1n) is 7.04. The maximum atomic E-state index is 13.7. The van der Waals surface area contributed by atoms with Crippen LogP contribution in [0.2, 0.25) is 0 Å². The third-order valence-electron chi connectivity index (χ3n) is 3.38. The van der Waals surface area contributed by atoms with Crippen LogP contribution in [-0.4, -0.2) is 6.54 Å². The molecule has 0 saturated carbocycles. The molecule has 0 aliphatic rings. The van der Waals surface area contributed by atoms with Crippen LogP contribution >= 0.6 is 31.9 Å². The smallest absolute Gasteiger partial charge is 0.137 e. The molecule has 1 atom stereocenters. The summed E-state index contributed by atoms with van der Waals surface area (Å²) in [5.41, 5.74) is 2.17. The minimum atomic E-state index is -0.214. The summed E-state index contributed by atoms with van der Waals surface area (Å²) < 4.78 is 15.3. The molecule has 0 saturated heterocycles. The van der Waals surface area contributed by atoms with Crippen LogP contribution in [0.3, 0.4) is 0 Å². The number of halogens is 3. The van der Waals surface area contributed by atoms with Gasteiger partial charge in [-0.05, 0) is 58.6 Å². The molecule has 1 nitrogen and oxygen atoms in total. The van der Waals surface area contributed by atoms with Crippen LogP contribution in [0.4, 0.5) is 4.39 Å². The van der Waals surface area contributed by atoms with Crippen LogP contribution < -0.4 is 5.32 Å². The van der Waals surface area contributed by atoms with Crippen molar-refractivity contribution in [1.29, 1.82) is 0 Å². The topological polar surface area (TPSA) is 12.0 Å². The van der Waals surface area contributed by atoms with Crippen molar-refractivity contribution in [2.45, 2.75) is 25.8 Å². The molecule has 0 heterocycles. The second-order valence-electron chi connectivity index (χ2n) is 4.95. The molecule has 4 heteroatoms. The van der Waals surface area contributed by atoms with Gasteiger partial charge in [-0.3, -0.25) is 0 Å². The van der Waals surface area contributed by atoms with Gasteiger partial charge in [0.1, 0.15) is 5.82 Å². The third kappa shape index (κ3) is 4.38. The summed E-state index contributed by atoms with van der Waals surface area (Å²) in [6.07, 6.45) is 1.80. The number of hydrogen-bond donors (Lipinski definition) is 1. The molecule has 0 radical (unpaired) electrons. The van der Waals surface area contributed by atoms with Gasteiger partial charge in [0.15, 0.2) is 0 Å². The predicted octanol–water partition coefficient (Wildman–Crippen LogP) is 5.63. The maximum Gasteiger partial charge on any atom is 0.137 e. The Hall–Kier alpha value is -0.710. The summed E-state index contributed by atoms with van der Waals surface area (Å²) in [5, 5.41) is 3.55. The van der Waals surface area contributed by atoms with E-state index in [1.54, 1.807) is 6.07 Å². The molecular weight excluding hydrogens is 397 g/mol. The van der Waals surface area contributed by atoms with Gasteiger partial charge in [0.2, 0.25) is 0 Å². The fourth-order valence-corrected chi connectivity index (χ4v) is 3.28. The Kier molecular flexibility index (Phi) is 6.40. The van der Waals surface area contributed by atoms with Crippen molar-refractivity contribution in [1.82, 2.24) is 5.32 Å². The number of nitrogens with one attached hydrogen (secondary N) is 1. The van der Waals surface area contributed by atoms with Gasteiger partial charge in [-0.15, -0.1) is 0 Å².